The lowest BCUT2D eigenvalue weighted by Crippen LogP contribution is -2.45. The van der Waals surface area contributed by atoms with E-state index in [-0.39, 0.29) is 18.6 Å². The van der Waals surface area contributed by atoms with Gasteiger partial charge in [-0.2, -0.15) is 0 Å². The first-order valence-corrected chi connectivity index (χ1v) is 8.70. The average Bonchev–Trinajstić information content (AvgIpc) is 2.68. The Hall–Kier alpha value is -2.53. The molecule has 2 amide bonds. The highest BCUT2D eigenvalue weighted by molar-refractivity contribution is 5.74. The Labute approximate surface area is 148 Å². The second-order valence-corrected chi connectivity index (χ2v) is 6.32. The molecule has 2 aromatic rings. The summed E-state index contributed by atoms with van der Waals surface area (Å²) in [6.45, 7) is 1.90. The van der Waals surface area contributed by atoms with E-state index in [4.69, 9.17) is 4.74 Å². The molecule has 1 unspecified atom stereocenters. The molecule has 5 nitrogen and oxygen atoms in total. The highest BCUT2D eigenvalue weighted by Crippen LogP contribution is 2.25. The van der Waals surface area contributed by atoms with Crippen LogP contribution < -0.4 is 10.1 Å². The Morgan fingerprint density at radius 2 is 1.92 bits per heavy atom. The van der Waals surface area contributed by atoms with E-state index in [2.05, 4.69) is 5.32 Å². The van der Waals surface area contributed by atoms with Crippen LogP contribution >= 0.6 is 0 Å². The van der Waals surface area contributed by atoms with Crippen LogP contribution in [0.2, 0.25) is 0 Å². The van der Waals surface area contributed by atoms with Gasteiger partial charge in [0.25, 0.3) is 0 Å². The third kappa shape index (κ3) is 4.73. The van der Waals surface area contributed by atoms with Crippen molar-refractivity contribution in [3.63, 3.8) is 0 Å². The average molecular weight is 340 g/mol. The topological polar surface area (TPSA) is 61.8 Å². The SMILES string of the molecule is O=C(NCc1ccccc1Oc1ccccc1)N1CCCC(CO)C1. The number of likely N-dealkylation sites (tertiary alicyclic amines) is 1. The van der Waals surface area contributed by atoms with E-state index in [0.29, 0.717) is 13.1 Å². The minimum Gasteiger partial charge on any atom is -0.457 e. The number of hydrogen-bond acceptors (Lipinski definition) is 3. The quantitative estimate of drug-likeness (QED) is 0.877. The first-order chi connectivity index (χ1) is 12.3. The summed E-state index contributed by atoms with van der Waals surface area (Å²) in [5, 5.41) is 12.3. The molecule has 25 heavy (non-hydrogen) atoms. The fourth-order valence-corrected chi connectivity index (χ4v) is 3.05. The maximum absolute atomic E-state index is 12.4. The number of rotatable bonds is 5. The third-order valence-corrected chi connectivity index (χ3v) is 4.44. The van der Waals surface area contributed by atoms with Crippen molar-refractivity contribution in [1.82, 2.24) is 10.2 Å². The maximum atomic E-state index is 12.4. The molecule has 132 valence electrons. The minimum absolute atomic E-state index is 0.0901. The molecule has 0 spiro atoms. The van der Waals surface area contributed by atoms with Gasteiger partial charge in [-0.3, -0.25) is 0 Å². The van der Waals surface area contributed by atoms with Crippen molar-refractivity contribution in [1.29, 1.82) is 0 Å². The number of ether oxygens (including phenoxy) is 1. The number of carbonyl (C=O) groups is 1. The van der Waals surface area contributed by atoms with E-state index in [9.17, 15) is 9.90 Å². The zero-order valence-electron chi connectivity index (χ0n) is 14.2. The van der Waals surface area contributed by atoms with Gasteiger partial charge in [-0.15, -0.1) is 0 Å². The molecule has 1 heterocycles. The van der Waals surface area contributed by atoms with E-state index in [1.54, 1.807) is 4.90 Å². The van der Waals surface area contributed by atoms with Crippen LogP contribution in [0.4, 0.5) is 4.79 Å². The summed E-state index contributed by atoms with van der Waals surface area (Å²) in [5.74, 6) is 1.69. The van der Waals surface area contributed by atoms with Crippen molar-refractivity contribution in [2.24, 2.45) is 5.92 Å². The van der Waals surface area contributed by atoms with Crippen molar-refractivity contribution < 1.29 is 14.6 Å². The van der Waals surface area contributed by atoms with E-state index >= 15 is 0 Å². The van der Waals surface area contributed by atoms with Gasteiger partial charge in [-0.05, 0) is 37.0 Å². The van der Waals surface area contributed by atoms with Crippen molar-refractivity contribution in [3.05, 3.63) is 60.2 Å². The number of para-hydroxylation sites is 2. The first-order valence-electron chi connectivity index (χ1n) is 8.70. The monoisotopic (exact) mass is 340 g/mol. The number of carbonyl (C=O) groups excluding carboxylic acids is 1. The normalized spacial score (nSPS) is 17.2. The van der Waals surface area contributed by atoms with Crippen LogP contribution in [0.15, 0.2) is 54.6 Å². The maximum Gasteiger partial charge on any atom is 0.317 e. The molecule has 0 aromatic heterocycles. The summed E-state index contributed by atoms with van der Waals surface area (Å²) in [6, 6.07) is 17.2. The second kappa shape index (κ2) is 8.53. The molecule has 0 aliphatic carbocycles. The molecule has 0 radical (unpaired) electrons. The number of aliphatic hydroxyl groups excluding tert-OH is 1. The Morgan fingerprint density at radius 3 is 2.72 bits per heavy atom. The largest absolute Gasteiger partial charge is 0.457 e. The molecule has 2 aromatic carbocycles. The van der Waals surface area contributed by atoms with E-state index in [0.717, 1.165) is 36.4 Å². The lowest BCUT2D eigenvalue weighted by molar-refractivity contribution is 0.129. The summed E-state index contributed by atoms with van der Waals surface area (Å²) in [4.78, 5) is 14.2. The van der Waals surface area contributed by atoms with Crippen LogP contribution in [-0.4, -0.2) is 35.7 Å². The van der Waals surface area contributed by atoms with Crippen LogP contribution in [0.5, 0.6) is 11.5 Å². The van der Waals surface area contributed by atoms with Crippen molar-refractivity contribution in [3.8, 4) is 11.5 Å². The highest BCUT2D eigenvalue weighted by atomic mass is 16.5. The summed E-state index contributed by atoms with van der Waals surface area (Å²) < 4.78 is 5.92. The number of aliphatic hydroxyl groups is 1. The summed E-state index contributed by atoms with van der Waals surface area (Å²) in [5.41, 5.74) is 0.926. The fraction of sp³-hybridized carbons (Fsp3) is 0.350. The highest BCUT2D eigenvalue weighted by Gasteiger charge is 2.23. The van der Waals surface area contributed by atoms with Crippen LogP contribution in [0.25, 0.3) is 0 Å². The van der Waals surface area contributed by atoms with Gasteiger partial charge < -0.3 is 20.1 Å². The first kappa shape index (κ1) is 17.3. The van der Waals surface area contributed by atoms with Gasteiger partial charge in [0.05, 0.1) is 0 Å². The predicted octanol–water partition coefficient (Wildman–Crippen LogP) is 3.39. The van der Waals surface area contributed by atoms with Crippen LogP contribution in [0.1, 0.15) is 18.4 Å². The Kier molecular flexibility index (Phi) is 5.90. The number of benzene rings is 2. The third-order valence-electron chi connectivity index (χ3n) is 4.44. The number of amides is 2. The second-order valence-electron chi connectivity index (χ2n) is 6.32. The van der Waals surface area contributed by atoms with Crippen molar-refractivity contribution in [2.75, 3.05) is 19.7 Å². The van der Waals surface area contributed by atoms with Gasteiger partial charge >= 0.3 is 6.03 Å². The van der Waals surface area contributed by atoms with E-state index < -0.39 is 0 Å². The number of urea groups is 1. The van der Waals surface area contributed by atoms with Gasteiger partial charge in [-0.1, -0.05) is 36.4 Å². The van der Waals surface area contributed by atoms with E-state index in [1.807, 2.05) is 54.6 Å². The Balaban J connectivity index is 1.60. The number of piperidine rings is 1. The number of nitrogens with one attached hydrogen (secondary N) is 1. The van der Waals surface area contributed by atoms with Gasteiger partial charge in [-0.25, -0.2) is 4.79 Å². The van der Waals surface area contributed by atoms with Gasteiger partial charge in [0.15, 0.2) is 0 Å². The summed E-state index contributed by atoms with van der Waals surface area (Å²) in [7, 11) is 0. The molecule has 5 heteroatoms. The van der Waals surface area contributed by atoms with Gasteiger partial charge in [0.2, 0.25) is 0 Å². The molecular weight excluding hydrogens is 316 g/mol. The Bertz CT molecular complexity index is 690. The molecule has 1 aliphatic rings. The summed E-state index contributed by atoms with van der Waals surface area (Å²) in [6.07, 6.45) is 1.92. The lowest BCUT2D eigenvalue weighted by atomic mass is 9.99. The van der Waals surface area contributed by atoms with Crippen molar-refractivity contribution in [2.45, 2.75) is 19.4 Å². The molecular formula is C20H24N2O3. The molecule has 3 rings (SSSR count). The zero-order chi connectivity index (χ0) is 17.5. The number of nitrogens with zero attached hydrogens (tertiary/aromatic N) is 1. The molecule has 1 aliphatic heterocycles. The molecule has 1 fully saturated rings. The van der Waals surface area contributed by atoms with Crippen LogP contribution in [-0.2, 0) is 6.54 Å². The lowest BCUT2D eigenvalue weighted by Gasteiger charge is -2.31. The van der Waals surface area contributed by atoms with Gasteiger partial charge in [0.1, 0.15) is 11.5 Å². The van der Waals surface area contributed by atoms with E-state index in [1.165, 1.54) is 0 Å². The standard InChI is InChI=1S/C20H24N2O3/c23-15-16-7-6-12-22(14-16)20(24)21-13-17-8-4-5-11-19(17)25-18-9-2-1-3-10-18/h1-5,8-11,16,23H,6-7,12-15H2,(H,21,24). The Morgan fingerprint density at radius 1 is 1.16 bits per heavy atom. The number of hydrogen-bond donors (Lipinski definition) is 2. The predicted molar refractivity (Wildman–Crippen MR) is 96.6 cm³/mol. The fourth-order valence-electron chi connectivity index (χ4n) is 3.05. The van der Waals surface area contributed by atoms with Crippen molar-refractivity contribution >= 4 is 6.03 Å². The van der Waals surface area contributed by atoms with Crippen LogP contribution in [0, 0.1) is 5.92 Å². The molecule has 1 saturated heterocycles. The minimum atomic E-state index is -0.0901. The molecule has 0 saturated carbocycles. The molecule has 1 atom stereocenters. The summed E-state index contributed by atoms with van der Waals surface area (Å²) >= 11 is 0. The molecule has 2 N–H and O–H groups in total. The zero-order valence-corrected chi connectivity index (χ0v) is 14.2. The molecule has 0 bridgehead atoms. The smallest absolute Gasteiger partial charge is 0.317 e. The van der Waals surface area contributed by atoms with Crippen LogP contribution in [0.3, 0.4) is 0 Å². The van der Waals surface area contributed by atoms with Gasteiger partial charge in [0, 0.05) is 31.8 Å².